The van der Waals surface area contributed by atoms with Gasteiger partial charge in [0.1, 0.15) is 5.75 Å². The fourth-order valence-electron chi connectivity index (χ4n) is 1.75. The SMILES string of the molecule is CCCOc1ccc(CNc2cc(Br)ccc2Br)cc1. The largest absolute Gasteiger partial charge is 0.494 e. The molecular formula is C16H17Br2NO. The van der Waals surface area contributed by atoms with Gasteiger partial charge in [0, 0.05) is 21.2 Å². The van der Waals surface area contributed by atoms with E-state index < -0.39 is 0 Å². The molecule has 0 saturated carbocycles. The van der Waals surface area contributed by atoms with Gasteiger partial charge in [-0.15, -0.1) is 0 Å². The number of benzene rings is 2. The highest BCUT2D eigenvalue weighted by molar-refractivity contribution is 9.11. The minimum absolute atomic E-state index is 0.766. The lowest BCUT2D eigenvalue weighted by molar-refractivity contribution is 0.317. The maximum Gasteiger partial charge on any atom is 0.119 e. The summed E-state index contributed by atoms with van der Waals surface area (Å²) in [5, 5.41) is 3.41. The second-order valence-corrected chi connectivity index (χ2v) is 6.24. The predicted molar refractivity (Wildman–Crippen MR) is 91.4 cm³/mol. The van der Waals surface area contributed by atoms with E-state index >= 15 is 0 Å². The maximum atomic E-state index is 5.57. The van der Waals surface area contributed by atoms with E-state index in [1.54, 1.807) is 0 Å². The monoisotopic (exact) mass is 397 g/mol. The Morgan fingerprint density at radius 1 is 1.05 bits per heavy atom. The lowest BCUT2D eigenvalue weighted by Crippen LogP contribution is -2.00. The van der Waals surface area contributed by atoms with Crippen LogP contribution in [0.1, 0.15) is 18.9 Å². The summed E-state index contributed by atoms with van der Waals surface area (Å²) in [7, 11) is 0. The van der Waals surface area contributed by atoms with Crippen molar-refractivity contribution in [1.82, 2.24) is 0 Å². The van der Waals surface area contributed by atoms with Crippen molar-refractivity contribution < 1.29 is 4.74 Å². The molecule has 0 bridgehead atoms. The highest BCUT2D eigenvalue weighted by Gasteiger charge is 2.01. The van der Waals surface area contributed by atoms with Crippen molar-refractivity contribution in [2.24, 2.45) is 0 Å². The van der Waals surface area contributed by atoms with Crippen LogP contribution in [0, 0.1) is 0 Å². The molecule has 0 aromatic heterocycles. The first-order chi connectivity index (χ1) is 9.69. The molecule has 1 N–H and O–H groups in total. The normalized spacial score (nSPS) is 10.3. The predicted octanol–water partition coefficient (Wildman–Crippen LogP) is 5.61. The third-order valence-electron chi connectivity index (χ3n) is 2.81. The number of rotatable bonds is 6. The van der Waals surface area contributed by atoms with Gasteiger partial charge >= 0.3 is 0 Å². The third kappa shape index (κ3) is 4.53. The molecular weight excluding hydrogens is 382 g/mol. The van der Waals surface area contributed by atoms with Crippen molar-refractivity contribution in [3.63, 3.8) is 0 Å². The molecule has 0 heterocycles. The number of ether oxygens (including phenoxy) is 1. The molecule has 0 amide bonds. The van der Waals surface area contributed by atoms with Crippen LogP contribution in [-0.2, 0) is 6.54 Å². The van der Waals surface area contributed by atoms with Crippen LogP contribution in [0.5, 0.6) is 5.75 Å². The Balaban J connectivity index is 1.95. The molecule has 0 saturated heterocycles. The number of nitrogens with one attached hydrogen (secondary N) is 1. The average Bonchev–Trinajstić information content (AvgIpc) is 2.47. The Labute approximate surface area is 136 Å². The molecule has 2 aromatic rings. The van der Waals surface area contributed by atoms with Gasteiger partial charge in [-0.1, -0.05) is 35.0 Å². The summed E-state index contributed by atoms with van der Waals surface area (Å²) < 4.78 is 7.69. The molecule has 0 spiro atoms. The molecule has 4 heteroatoms. The molecule has 0 fully saturated rings. The van der Waals surface area contributed by atoms with Gasteiger partial charge in [-0.2, -0.15) is 0 Å². The van der Waals surface area contributed by atoms with Crippen molar-refractivity contribution in [3.8, 4) is 5.75 Å². The maximum absolute atomic E-state index is 5.57. The molecule has 20 heavy (non-hydrogen) atoms. The molecule has 0 aliphatic carbocycles. The summed E-state index contributed by atoms with van der Waals surface area (Å²) in [6.45, 7) is 3.65. The van der Waals surface area contributed by atoms with Gasteiger partial charge in [-0.05, 0) is 58.2 Å². The van der Waals surface area contributed by atoms with Gasteiger partial charge in [0.15, 0.2) is 0 Å². The van der Waals surface area contributed by atoms with Crippen LogP contribution in [0.25, 0.3) is 0 Å². The fraction of sp³-hybridized carbons (Fsp3) is 0.250. The van der Waals surface area contributed by atoms with Crippen LogP contribution in [0.3, 0.4) is 0 Å². The lowest BCUT2D eigenvalue weighted by atomic mass is 10.2. The topological polar surface area (TPSA) is 21.3 Å². The second kappa shape index (κ2) is 7.70. The smallest absolute Gasteiger partial charge is 0.119 e. The fourth-order valence-corrected chi connectivity index (χ4v) is 2.50. The summed E-state index contributed by atoms with van der Waals surface area (Å²) >= 11 is 7.02. The van der Waals surface area contributed by atoms with Gasteiger partial charge in [0.05, 0.1) is 6.61 Å². The number of hydrogen-bond acceptors (Lipinski definition) is 2. The minimum Gasteiger partial charge on any atom is -0.494 e. The highest BCUT2D eigenvalue weighted by atomic mass is 79.9. The molecule has 2 rings (SSSR count). The number of halogens is 2. The van der Waals surface area contributed by atoms with Crippen LogP contribution >= 0.6 is 31.9 Å². The lowest BCUT2D eigenvalue weighted by Gasteiger charge is -2.10. The van der Waals surface area contributed by atoms with Crippen molar-refractivity contribution in [1.29, 1.82) is 0 Å². The molecule has 0 radical (unpaired) electrons. The van der Waals surface area contributed by atoms with Crippen molar-refractivity contribution >= 4 is 37.5 Å². The molecule has 0 aliphatic heterocycles. The van der Waals surface area contributed by atoms with E-state index in [2.05, 4.69) is 62.3 Å². The van der Waals surface area contributed by atoms with Crippen LogP contribution in [-0.4, -0.2) is 6.61 Å². The zero-order valence-corrected chi connectivity index (χ0v) is 14.5. The Morgan fingerprint density at radius 3 is 2.50 bits per heavy atom. The summed E-state index contributed by atoms with van der Waals surface area (Å²) in [5.41, 5.74) is 2.30. The summed E-state index contributed by atoms with van der Waals surface area (Å²) in [6, 6.07) is 14.3. The van der Waals surface area contributed by atoms with E-state index in [1.165, 1.54) is 5.56 Å². The first-order valence-corrected chi connectivity index (χ1v) is 8.18. The first-order valence-electron chi connectivity index (χ1n) is 6.59. The average molecular weight is 399 g/mol. The van der Waals surface area contributed by atoms with Gasteiger partial charge in [-0.25, -0.2) is 0 Å². The Bertz CT molecular complexity index is 555. The number of hydrogen-bond donors (Lipinski definition) is 1. The molecule has 0 aliphatic rings. The quantitative estimate of drug-likeness (QED) is 0.682. The second-order valence-electron chi connectivity index (χ2n) is 4.47. The standard InChI is InChI=1S/C16H17Br2NO/c1-2-9-20-14-6-3-12(4-7-14)11-19-16-10-13(17)5-8-15(16)18/h3-8,10,19H,2,9,11H2,1H3. The van der Waals surface area contributed by atoms with E-state index in [-0.39, 0.29) is 0 Å². The molecule has 106 valence electrons. The van der Waals surface area contributed by atoms with Crippen LogP contribution < -0.4 is 10.1 Å². The Hall–Kier alpha value is -1.00. The molecule has 2 nitrogen and oxygen atoms in total. The first kappa shape index (κ1) is 15.4. The van der Waals surface area contributed by atoms with E-state index in [0.717, 1.165) is 40.0 Å². The number of anilines is 1. The zero-order valence-electron chi connectivity index (χ0n) is 11.3. The van der Waals surface area contributed by atoms with Gasteiger partial charge < -0.3 is 10.1 Å². The van der Waals surface area contributed by atoms with Crippen LogP contribution in [0.2, 0.25) is 0 Å². The van der Waals surface area contributed by atoms with E-state index in [4.69, 9.17) is 4.74 Å². The highest BCUT2D eigenvalue weighted by Crippen LogP contribution is 2.26. The minimum atomic E-state index is 0.766. The Morgan fingerprint density at radius 2 is 1.80 bits per heavy atom. The van der Waals surface area contributed by atoms with Crippen molar-refractivity contribution in [2.45, 2.75) is 19.9 Å². The molecule has 2 aromatic carbocycles. The van der Waals surface area contributed by atoms with Crippen molar-refractivity contribution in [2.75, 3.05) is 11.9 Å². The van der Waals surface area contributed by atoms with Crippen LogP contribution in [0.4, 0.5) is 5.69 Å². The van der Waals surface area contributed by atoms with Gasteiger partial charge in [-0.3, -0.25) is 0 Å². The Kier molecular flexibility index (Phi) is 5.92. The van der Waals surface area contributed by atoms with E-state index in [1.807, 2.05) is 24.3 Å². The van der Waals surface area contributed by atoms with Gasteiger partial charge in [0.2, 0.25) is 0 Å². The summed E-state index contributed by atoms with van der Waals surface area (Å²) in [4.78, 5) is 0. The van der Waals surface area contributed by atoms with E-state index in [0.29, 0.717) is 0 Å². The third-order valence-corrected chi connectivity index (χ3v) is 3.99. The van der Waals surface area contributed by atoms with Crippen LogP contribution in [0.15, 0.2) is 51.4 Å². The summed E-state index contributed by atoms with van der Waals surface area (Å²) in [5.74, 6) is 0.930. The molecule has 0 unspecified atom stereocenters. The van der Waals surface area contributed by atoms with E-state index in [9.17, 15) is 0 Å². The zero-order chi connectivity index (χ0) is 14.4. The molecule has 0 atom stereocenters. The van der Waals surface area contributed by atoms with Gasteiger partial charge in [0.25, 0.3) is 0 Å². The van der Waals surface area contributed by atoms with Crippen molar-refractivity contribution in [3.05, 3.63) is 57.0 Å². The summed E-state index contributed by atoms with van der Waals surface area (Å²) in [6.07, 6.45) is 1.03.